The first kappa shape index (κ1) is 19.3. The van der Waals surface area contributed by atoms with Crippen LogP contribution in [0.5, 0.6) is 0 Å². The largest absolute Gasteiger partial charge is 0.383 e. The van der Waals surface area contributed by atoms with E-state index in [0.717, 1.165) is 13.0 Å². The summed E-state index contributed by atoms with van der Waals surface area (Å²) in [6.07, 6.45) is 0.799. The van der Waals surface area contributed by atoms with E-state index in [4.69, 9.17) is 4.74 Å². The van der Waals surface area contributed by atoms with E-state index < -0.39 is 0 Å². The van der Waals surface area contributed by atoms with Gasteiger partial charge in [0, 0.05) is 44.9 Å². The molecule has 2 amide bonds. The number of carbonyl (C=O) groups excluding carboxylic acids is 2. The first-order valence-electron chi connectivity index (χ1n) is 8.55. The standard InChI is InChI=1S/C18H26FN3O3/c1-14(13-25-2)20-17(23)12-21-8-3-9-22(11-10-21)18(24)15-4-6-16(19)7-5-15/h4-7,14H,3,8-13H2,1-2H3,(H,20,23). The first-order chi connectivity index (χ1) is 12.0. The van der Waals surface area contributed by atoms with Crippen molar-refractivity contribution in [1.29, 1.82) is 0 Å². The number of nitrogens with zero attached hydrogens (tertiary/aromatic N) is 2. The highest BCUT2D eigenvalue weighted by Crippen LogP contribution is 2.10. The van der Waals surface area contributed by atoms with Crippen LogP contribution in [0.2, 0.25) is 0 Å². The third kappa shape index (κ3) is 6.10. The maximum Gasteiger partial charge on any atom is 0.253 e. The molecule has 2 rings (SSSR count). The molecule has 0 radical (unpaired) electrons. The Morgan fingerprint density at radius 2 is 1.92 bits per heavy atom. The van der Waals surface area contributed by atoms with E-state index in [9.17, 15) is 14.0 Å². The highest BCUT2D eigenvalue weighted by Gasteiger charge is 2.21. The molecule has 25 heavy (non-hydrogen) atoms. The predicted molar refractivity (Wildman–Crippen MR) is 92.8 cm³/mol. The maximum absolute atomic E-state index is 13.0. The van der Waals surface area contributed by atoms with Crippen LogP contribution in [0.15, 0.2) is 24.3 Å². The molecule has 1 aromatic carbocycles. The molecule has 1 aromatic rings. The van der Waals surface area contributed by atoms with Crippen molar-refractivity contribution in [3.63, 3.8) is 0 Å². The second-order valence-corrected chi connectivity index (χ2v) is 6.35. The minimum absolute atomic E-state index is 0.0268. The lowest BCUT2D eigenvalue weighted by Crippen LogP contribution is -2.43. The van der Waals surface area contributed by atoms with Crippen LogP contribution in [-0.4, -0.2) is 74.1 Å². The summed E-state index contributed by atoms with van der Waals surface area (Å²) in [4.78, 5) is 28.4. The van der Waals surface area contributed by atoms with Crippen LogP contribution in [-0.2, 0) is 9.53 Å². The fourth-order valence-electron chi connectivity index (χ4n) is 2.92. The van der Waals surface area contributed by atoms with Crippen molar-refractivity contribution in [1.82, 2.24) is 15.1 Å². The lowest BCUT2D eigenvalue weighted by Gasteiger charge is -2.22. The van der Waals surface area contributed by atoms with Gasteiger partial charge >= 0.3 is 0 Å². The first-order valence-corrected chi connectivity index (χ1v) is 8.55. The van der Waals surface area contributed by atoms with Crippen molar-refractivity contribution < 1.29 is 18.7 Å². The van der Waals surface area contributed by atoms with E-state index in [2.05, 4.69) is 5.32 Å². The molecule has 1 unspecified atom stereocenters. The Kier molecular flexibility index (Phi) is 7.33. The molecule has 0 aromatic heterocycles. The topological polar surface area (TPSA) is 61.9 Å². The zero-order valence-electron chi connectivity index (χ0n) is 14.8. The molecule has 1 N–H and O–H groups in total. The van der Waals surface area contributed by atoms with Crippen LogP contribution in [0.3, 0.4) is 0 Å². The smallest absolute Gasteiger partial charge is 0.253 e. The summed E-state index contributed by atoms with van der Waals surface area (Å²) in [5.74, 6) is -0.491. The number of hydrogen-bond acceptors (Lipinski definition) is 4. The summed E-state index contributed by atoms with van der Waals surface area (Å²) < 4.78 is 18.0. The van der Waals surface area contributed by atoms with E-state index in [-0.39, 0.29) is 23.7 Å². The Hall–Kier alpha value is -1.99. The van der Waals surface area contributed by atoms with Gasteiger partial charge in [0.15, 0.2) is 0 Å². The Morgan fingerprint density at radius 3 is 2.60 bits per heavy atom. The highest BCUT2D eigenvalue weighted by molar-refractivity contribution is 5.94. The lowest BCUT2D eigenvalue weighted by molar-refractivity contribution is -0.123. The lowest BCUT2D eigenvalue weighted by atomic mass is 10.2. The van der Waals surface area contributed by atoms with Gasteiger partial charge in [0.05, 0.1) is 13.2 Å². The van der Waals surface area contributed by atoms with Crippen molar-refractivity contribution in [2.45, 2.75) is 19.4 Å². The second-order valence-electron chi connectivity index (χ2n) is 6.35. The Morgan fingerprint density at radius 1 is 1.20 bits per heavy atom. The number of ether oxygens (including phenoxy) is 1. The van der Waals surface area contributed by atoms with Crippen molar-refractivity contribution in [2.75, 3.05) is 46.4 Å². The highest BCUT2D eigenvalue weighted by atomic mass is 19.1. The summed E-state index contributed by atoms with van der Waals surface area (Å²) in [5, 5.41) is 2.89. The third-order valence-electron chi connectivity index (χ3n) is 4.16. The Bertz CT molecular complexity index is 579. The van der Waals surface area contributed by atoms with Crippen molar-refractivity contribution in [3.05, 3.63) is 35.6 Å². The molecule has 1 atom stereocenters. The van der Waals surface area contributed by atoms with E-state index in [1.807, 2.05) is 11.8 Å². The van der Waals surface area contributed by atoms with Gasteiger partial charge in [0.1, 0.15) is 5.82 Å². The van der Waals surface area contributed by atoms with Crippen LogP contribution in [0, 0.1) is 5.82 Å². The number of amides is 2. The second kappa shape index (κ2) is 9.48. The zero-order valence-corrected chi connectivity index (χ0v) is 14.8. The SMILES string of the molecule is COCC(C)NC(=O)CN1CCCN(C(=O)c2ccc(F)cc2)CC1. The summed E-state index contributed by atoms with van der Waals surface area (Å²) in [6, 6.07) is 5.57. The molecule has 1 aliphatic heterocycles. The van der Waals surface area contributed by atoms with Gasteiger partial charge in [-0.15, -0.1) is 0 Å². The third-order valence-corrected chi connectivity index (χ3v) is 4.16. The molecule has 1 aliphatic rings. The van der Waals surface area contributed by atoms with Crippen LogP contribution >= 0.6 is 0 Å². The molecular weight excluding hydrogens is 325 g/mol. The maximum atomic E-state index is 13.0. The molecule has 1 saturated heterocycles. The number of hydrogen-bond donors (Lipinski definition) is 1. The van der Waals surface area contributed by atoms with Gasteiger partial charge in [-0.25, -0.2) is 4.39 Å². The fourth-order valence-corrected chi connectivity index (χ4v) is 2.92. The molecule has 0 saturated carbocycles. The summed E-state index contributed by atoms with van der Waals surface area (Å²) in [7, 11) is 1.60. The molecule has 6 nitrogen and oxygen atoms in total. The van der Waals surface area contributed by atoms with Gasteiger partial charge in [-0.05, 0) is 37.6 Å². The number of carbonyl (C=O) groups is 2. The van der Waals surface area contributed by atoms with Gasteiger partial charge in [-0.3, -0.25) is 14.5 Å². The van der Waals surface area contributed by atoms with Gasteiger partial charge < -0.3 is 15.0 Å². The number of halogens is 1. The van der Waals surface area contributed by atoms with E-state index in [1.165, 1.54) is 24.3 Å². The average molecular weight is 351 g/mol. The Balaban J connectivity index is 1.84. The van der Waals surface area contributed by atoms with Crippen molar-refractivity contribution >= 4 is 11.8 Å². The molecule has 0 aliphatic carbocycles. The molecule has 1 fully saturated rings. The summed E-state index contributed by atoms with van der Waals surface area (Å²) in [6.45, 7) is 5.27. The monoisotopic (exact) mass is 351 g/mol. The molecule has 0 spiro atoms. The van der Waals surface area contributed by atoms with E-state index >= 15 is 0 Å². The van der Waals surface area contributed by atoms with Crippen LogP contribution < -0.4 is 5.32 Å². The molecule has 1 heterocycles. The molecule has 7 heteroatoms. The normalized spacial score (nSPS) is 17.0. The summed E-state index contributed by atoms with van der Waals surface area (Å²) >= 11 is 0. The van der Waals surface area contributed by atoms with Gasteiger partial charge in [0.2, 0.25) is 5.91 Å². The van der Waals surface area contributed by atoms with Gasteiger partial charge in [0.25, 0.3) is 5.91 Å². The van der Waals surface area contributed by atoms with Crippen LogP contribution in [0.25, 0.3) is 0 Å². The van der Waals surface area contributed by atoms with Gasteiger partial charge in [-0.2, -0.15) is 0 Å². The quantitative estimate of drug-likeness (QED) is 0.834. The summed E-state index contributed by atoms with van der Waals surface area (Å²) in [5.41, 5.74) is 0.487. The minimum atomic E-state index is -0.354. The number of benzene rings is 1. The molecule has 0 bridgehead atoms. The zero-order chi connectivity index (χ0) is 18.2. The molecular formula is C18H26FN3O3. The van der Waals surface area contributed by atoms with E-state index in [1.54, 1.807) is 12.0 Å². The van der Waals surface area contributed by atoms with Gasteiger partial charge in [-0.1, -0.05) is 0 Å². The van der Waals surface area contributed by atoms with Crippen LogP contribution in [0.4, 0.5) is 4.39 Å². The number of rotatable bonds is 6. The number of nitrogens with one attached hydrogen (secondary N) is 1. The average Bonchev–Trinajstić information content (AvgIpc) is 2.80. The van der Waals surface area contributed by atoms with E-state index in [0.29, 0.717) is 38.3 Å². The fraction of sp³-hybridized carbons (Fsp3) is 0.556. The Labute approximate surface area is 147 Å². The minimum Gasteiger partial charge on any atom is -0.383 e. The number of methoxy groups -OCH3 is 1. The molecule has 138 valence electrons. The van der Waals surface area contributed by atoms with Crippen LogP contribution in [0.1, 0.15) is 23.7 Å². The predicted octanol–water partition coefficient (Wildman–Crippen LogP) is 1.12. The van der Waals surface area contributed by atoms with Crippen molar-refractivity contribution in [3.8, 4) is 0 Å². The van der Waals surface area contributed by atoms with Crippen molar-refractivity contribution in [2.24, 2.45) is 0 Å².